The van der Waals surface area contributed by atoms with Gasteiger partial charge in [-0.15, -0.1) is 0 Å². The van der Waals surface area contributed by atoms with Crippen LogP contribution in [0.2, 0.25) is 0 Å². The molecule has 0 saturated heterocycles. The van der Waals surface area contributed by atoms with Crippen molar-refractivity contribution in [2.75, 3.05) is 30.0 Å². The molecule has 0 unspecified atom stereocenters. The van der Waals surface area contributed by atoms with Gasteiger partial charge in [0.1, 0.15) is 0 Å². The van der Waals surface area contributed by atoms with Gasteiger partial charge in [0.2, 0.25) is 0 Å². The summed E-state index contributed by atoms with van der Waals surface area (Å²) in [5.74, 6) is -0.413. The summed E-state index contributed by atoms with van der Waals surface area (Å²) < 4.78 is 52.9. The summed E-state index contributed by atoms with van der Waals surface area (Å²) in [7, 11) is -7.50. The van der Waals surface area contributed by atoms with Crippen LogP contribution >= 0.6 is 0 Å². The number of nitrogens with one attached hydrogen (secondary N) is 1. The summed E-state index contributed by atoms with van der Waals surface area (Å²) in [5.41, 5.74) is 0.534. The highest BCUT2D eigenvalue weighted by atomic mass is 32.2. The maximum atomic E-state index is 11.3. The zero-order valence-corrected chi connectivity index (χ0v) is 11.6. The molecule has 0 aromatic heterocycles. The van der Waals surface area contributed by atoms with Gasteiger partial charge in [-0.1, -0.05) is 0 Å². The number of hydrogen-bond acceptors (Lipinski definition) is 6. The van der Waals surface area contributed by atoms with E-state index in [1.807, 2.05) is 0 Å². The number of aliphatic hydroxyl groups is 1. The molecule has 19 heavy (non-hydrogen) atoms. The Morgan fingerprint density at radius 3 is 2.05 bits per heavy atom. The van der Waals surface area contributed by atoms with Crippen molar-refractivity contribution in [2.45, 2.75) is 4.90 Å². The Labute approximate surface area is 111 Å². The molecular formula is C10H15NO6S2. The van der Waals surface area contributed by atoms with Crippen LogP contribution < -0.4 is 5.32 Å². The fraction of sp³-hybridized carbons (Fsp3) is 0.400. The summed E-state index contributed by atoms with van der Waals surface area (Å²) in [6, 6.07) is 5.25. The predicted molar refractivity (Wildman–Crippen MR) is 70.5 cm³/mol. The molecule has 0 radical (unpaired) electrons. The standard InChI is InChI=1S/C10H15NO6S2/c12-6-8-18(13,14)7-5-11-9-1-3-10(4-2-9)19(15,16)17/h1-4,11-12H,5-8H2,(H,15,16,17). The summed E-state index contributed by atoms with van der Waals surface area (Å²) in [4.78, 5) is -0.231. The third-order valence-corrected chi connectivity index (χ3v) is 4.80. The number of anilines is 1. The third-order valence-electron chi connectivity index (χ3n) is 2.30. The summed E-state index contributed by atoms with van der Waals surface area (Å²) in [6.45, 7) is -0.265. The molecule has 0 atom stereocenters. The number of benzene rings is 1. The Hall–Kier alpha value is -1.16. The fourth-order valence-electron chi connectivity index (χ4n) is 1.34. The molecule has 0 fully saturated rings. The minimum atomic E-state index is -4.22. The Kier molecular flexibility index (Phi) is 5.29. The molecule has 0 aliphatic heterocycles. The molecule has 0 aliphatic rings. The second-order valence-electron chi connectivity index (χ2n) is 3.80. The first-order chi connectivity index (χ1) is 8.74. The molecular weight excluding hydrogens is 294 g/mol. The van der Waals surface area contributed by atoms with E-state index in [4.69, 9.17) is 9.66 Å². The van der Waals surface area contributed by atoms with E-state index in [-0.39, 0.29) is 22.9 Å². The molecule has 0 bridgehead atoms. The Morgan fingerprint density at radius 1 is 1.00 bits per heavy atom. The van der Waals surface area contributed by atoms with Gasteiger partial charge in [0.25, 0.3) is 10.1 Å². The van der Waals surface area contributed by atoms with Crippen LogP contribution in [0, 0.1) is 0 Å². The normalized spacial score (nSPS) is 12.3. The van der Waals surface area contributed by atoms with E-state index in [0.717, 1.165) is 0 Å². The van der Waals surface area contributed by atoms with Gasteiger partial charge in [0.05, 0.1) is 23.0 Å². The second kappa shape index (κ2) is 6.33. The number of hydrogen-bond donors (Lipinski definition) is 3. The van der Waals surface area contributed by atoms with Crippen LogP contribution in [0.1, 0.15) is 0 Å². The lowest BCUT2D eigenvalue weighted by Crippen LogP contribution is -2.20. The maximum absolute atomic E-state index is 11.3. The first-order valence-electron chi connectivity index (χ1n) is 5.37. The Bertz CT molecular complexity index is 606. The van der Waals surface area contributed by atoms with Crippen LogP contribution in [0.25, 0.3) is 0 Å². The molecule has 0 amide bonds. The van der Waals surface area contributed by atoms with Gasteiger partial charge >= 0.3 is 0 Å². The van der Waals surface area contributed by atoms with Crippen LogP contribution in [0.15, 0.2) is 29.2 Å². The zero-order valence-electron chi connectivity index (χ0n) is 9.98. The summed E-state index contributed by atoms with van der Waals surface area (Å²) >= 11 is 0. The van der Waals surface area contributed by atoms with E-state index in [9.17, 15) is 16.8 Å². The quantitative estimate of drug-likeness (QED) is 0.594. The molecule has 108 valence electrons. The van der Waals surface area contributed by atoms with Crippen molar-refractivity contribution in [3.8, 4) is 0 Å². The molecule has 0 aliphatic carbocycles. The minimum Gasteiger partial charge on any atom is -0.395 e. The van der Waals surface area contributed by atoms with E-state index in [2.05, 4.69) is 5.32 Å². The average Bonchev–Trinajstić information content (AvgIpc) is 2.28. The fourth-order valence-corrected chi connectivity index (χ4v) is 2.71. The van der Waals surface area contributed by atoms with Crippen molar-refractivity contribution in [1.82, 2.24) is 0 Å². The molecule has 1 aromatic rings. The van der Waals surface area contributed by atoms with E-state index >= 15 is 0 Å². The van der Waals surface area contributed by atoms with Crippen LogP contribution in [-0.2, 0) is 20.0 Å². The first kappa shape index (κ1) is 15.9. The molecule has 1 aromatic carbocycles. The minimum absolute atomic E-state index is 0.131. The van der Waals surface area contributed by atoms with Crippen LogP contribution in [0.3, 0.4) is 0 Å². The Balaban J connectivity index is 2.56. The van der Waals surface area contributed by atoms with Crippen molar-refractivity contribution in [2.24, 2.45) is 0 Å². The first-order valence-corrected chi connectivity index (χ1v) is 8.63. The van der Waals surface area contributed by atoms with Crippen molar-refractivity contribution >= 4 is 25.6 Å². The SMILES string of the molecule is O=S(=O)(CCO)CCNc1ccc(S(=O)(=O)O)cc1. The average molecular weight is 309 g/mol. The van der Waals surface area contributed by atoms with Crippen molar-refractivity contribution in [3.63, 3.8) is 0 Å². The molecule has 9 heteroatoms. The highest BCUT2D eigenvalue weighted by Gasteiger charge is 2.10. The van der Waals surface area contributed by atoms with Crippen molar-refractivity contribution in [1.29, 1.82) is 0 Å². The van der Waals surface area contributed by atoms with E-state index in [1.165, 1.54) is 24.3 Å². The van der Waals surface area contributed by atoms with Crippen LogP contribution in [-0.4, -0.2) is 51.2 Å². The molecule has 0 heterocycles. The number of rotatable bonds is 7. The van der Waals surface area contributed by atoms with Crippen LogP contribution in [0.4, 0.5) is 5.69 Å². The zero-order chi connectivity index (χ0) is 14.5. The van der Waals surface area contributed by atoms with Gasteiger partial charge in [-0.2, -0.15) is 8.42 Å². The van der Waals surface area contributed by atoms with E-state index < -0.39 is 26.6 Å². The smallest absolute Gasteiger partial charge is 0.294 e. The van der Waals surface area contributed by atoms with Gasteiger partial charge in [-0.3, -0.25) is 4.55 Å². The monoisotopic (exact) mass is 309 g/mol. The largest absolute Gasteiger partial charge is 0.395 e. The lowest BCUT2D eigenvalue weighted by molar-refractivity contribution is 0.319. The van der Waals surface area contributed by atoms with Crippen LogP contribution in [0.5, 0.6) is 0 Å². The summed E-state index contributed by atoms with van der Waals surface area (Å²) in [6.07, 6.45) is 0. The molecule has 3 N–H and O–H groups in total. The molecule has 0 saturated carbocycles. The molecule has 7 nitrogen and oxygen atoms in total. The van der Waals surface area contributed by atoms with Gasteiger partial charge < -0.3 is 10.4 Å². The van der Waals surface area contributed by atoms with Gasteiger partial charge in [-0.05, 0) is 24.3 Å². The lowest BCUT2D eigenvalue weighted by atomic mass is 10.3. The number of sulfone groups is 1. The second-order valence-corrected chi connectivity index (χ2v) is 7.53. The van der Waals surface area contributed by atoms with Gasteiger partial charge in [-0.25, -0.2) is 8.42 Å². The van der Waals surface area contributed by atoms with Crippen molar-refractivity contribution < 1.29 is 26.5 Å². The van der Waals surface area contributed by atoms with E-state index in [1.54, 1.807) is 0 Å². The topological polar surface area (TPSA) is 121 Å². The third kappa shape index (κ3) is 5.55. The summed E-state index contributed by atoms with van der Waals surface area (Å²) in [5, 5.41) is 11.3. The predicted octanol–water partition coefficient (Wildman–Crippen LogP) is -0.248. The molecule has 1 rings (SSSR count). The van der Waals surface area contributed by atoms with E-state index in [0.29, 0.717) is 5.69 Å². The number of aliphatic hydroxyl groups excluding tert-OH is 1. The van der Waals surface area contributed by atoms with Gasteiger partial charge in [0.15, 0.2) is 9.84 Å². The van der Waals surface area contributed by atoms with Crippen molar-refractivity contribution in [3.05, 3.63) is 24.3 Å². The maximum Gasteiger partial charge on any atom is 0.294 e. The highest BCUT2D eigenvalue weighted by molar-refractivity contribution is 7.91. The molecule has 0 spiro atoms. The van der Waals surface area contributed by atoms with Gasteiger partial charge in [0, 0.05) is 12.2 Å². The Morgan fingerprint density at radius 2 is 1.58 bits per heavy atom. The highest BCUT2D eigenvalue weighted by Crippen LogP contribution is 2.13. The lowest BCUT2D eigenvalue weighted by Gasteiger charge is -2.07.